The maximum absolute atomic E-state index is 10.5. The average Bonchev–Trinajstić information content (AvgIpc) is 2.24. The highest BCUT2D eigenvalue weighted by Crippen LogP contribution is 2.40. The van der Waals surface area contributed by atoms with Crippen molar-refractivity contribution < 1.29 is 4.79 Å². The van der Waals surface area contributed by atoms with Gasteiger partial charge in [-0.2, -0.15) is 0 Å². The molecule has 2 nitrogen and oxygen atoms in total. The molecule has 0 aliphatic carbocycles. The third-order valence-electron chi connectivity index (χ3n) is 1.48. The lowest BCUT2D eigenvalue weighted by molar-refractivity contribution is -0.117. The van der Waals surface area contributed by atoms with Gasteiger partial charge in [-0.3, -0.25) is 4.79 Å². The van der Waals surface area contributed by atoms with E-state index in [1.807, 2.05) is 0 Å². The second-order valence-corrected chi connectivity index (χ2v) is 5.73. The minimum absolute atomic E-state index is 0.283. The Labute approximate surface area is 98.1 Å². The number of rotatable bonds is 3. The SMILES string of the molecule is NC(=O)CCc1c(Br)sc(Cl)c1Cl. The van der Waals surface area contributed by atoms with Crippen LogP contribution in [-0.2, 0) is 11.2 Å². The van der Waals surface area contributed by atoms with E-state index >= 15 is 0 Å². The first-order valence-corrected chi connectivity index (χ1v) is 5.79. The molecule has 0 saturated heterocycles. The van der Waals surface area contributed by atoms with Crippen LogP contribution in [0.3, 0.4) is 0 Å². The molecule has 0 bridgehead atoms. The summed E-state index contributed by atoms with van der Waals surface area (Å²) in [6.07, 6.45) is 0.809. The summed E-state index contributed by atoms with van der Waals surface area (Å²) in [7, 11) is 0. The van der Waals surface area contributed by atoms with Crippen LogP contribution in [0.15, 0.2) is 3.79 Å². The zero-order chi connectivity index (χ0) is 10.0. The lowest BCUT2D eigenvalue weighted by Crippen LogP contribution is -2.11. The van der Waals surface area contributed by atoms with Gasteiger partial charge in [-0.05, 0) is 27.9 Å². The number of thiophene rings is 1. The van der Waals surface area contributed by atoms with Crippen molar-refractivity contribution in [2.45, 2.75) is 12.8 Å². The van der Waals surface area contributed by atoms with Crippen molar-refractivity contribution in [2.75, 3.05) is 0 Å². The molecule has 1 aromatic rings. The molecule has 6 heteroatoms. The molecule has 0 aliphatic rings. The Morgan fingerprint density at radius 3 is 2.54 bits per heavy atom. The number of carbonyl (C=O) groups is 1. The summed E-state index contributed by atoms with van der Waals surface area (Å²) in [6, 6.07) is 0. The quantitative estimate of drug-likeness (QED) is 0.915. The second-order valence-electron chi connectivity index (χ2n) is 2.41. The summed E-state index contributed by atoms with van der Waals surface area (Å²) in [6.45, 7) is 0. The Hall–Kier alpha value is 0.230. The number of hydrogen-bond acceptors (Lipinski definition) is 2. The molecule has 2 N–H and O–H groups in total. The molecule has 0 fully saturated rings. The van der Waals surface area contributed by atoms with Gasteiger partial charge in [0.15, 0.2) is 0 Å². The fourth-order valence-corrected chi connectivity index (χ4v) is 3.53. The molecule has 0 aliphatic heterocycles. The van der Waals surface area contributed by atoms with E-state index in [1.54, 1.807) is 0 Å². The molecule has 1 rings (SSSR count). The Morgan fingerprint density at radius 2 is 2.15 bits per heavy atom. The minimum atomic E-state index is -0.342. The van der Waals surface area contributed by atoms with Gasteiger partial charge < -0.3 is 5.73 Å². The number of hydrogen-bond donors (Lipinski definition) is 1. The summed E-state index contributed by atoms with van der Waals surface area (Å²) in [4.78, 5) is 10.5. The van der Waals surface area contributed by atoms with Crippen molar-refractivity contribution in [3.05, 3.63) is 18.7 Å². The van der Waals surface area contributed by atoms with Crippen molar-refractivity contribution in [1.29, 1.82) is 0 Å². The van der Waals surface area contributed by atoms with Crippen LogP contribution in [0.1, 0.15) is 12.0 Å². The Bertz CT molecular complexity index is 339. The van der Waals surface area contributed by atoms with E-state index in [9.17, 15) is 4.79 Å². The van der Waals surface area contributed by atoms with Crippen LogP contribution in [0, 0.1) is 0 Å². The number of nitrogens with two attached hydrogens (primary N) is 1. The highest BCUT2D eigenvalue weighted by molar-refractivity contribution is 9.11. The van der Waals surface area contributed by atoms with E-state index in [2.05, 4.69) is 15.9 Å². The van der Waals surface area contributed by atoms with Gasteiger partial charge in [0.05, 0.1) is 8.81 Å². The first kappa shape index (κ1) is 11.3. The standard InChI is InChI=1S/C7H6BrCl2NOS/c8-6-3(1-2-4(11)12)5(9)7(10)13-6/h1-2H2,(H2,11,12). The number of amides is 1. The van der Waals surface area contributed by atoms with Crippen molar-refractivity contribution in [3.8, 4) is 0 Å². The summed E-state index contributed by atoms with van der Waals surface area (Å²) < 4.78 is 1.40. The Morgan fingerprint density at radius 1 is 1.54 bits per heavy atom. The molecular formula is C7H6BrCl2NOS. The summed E-state index contributed by atoms with van der Waals surface area (Å²) in [5.74, 6) is -0.342. The van der Waals surface area contributed by atoms with E-state index in [4.69, 9.17) is 28.9 Å². The molecule has 0 saturated carbocycles. The van der Waals surface area contributed by atoms with Crippen LogP contribution >= 0.6 is 50.5 Å². The molecule has 1 amide bonds. The van der Waals surface area contributed by atoms with Crippen molar-refractivity contribution in [3.63, 3.8) is 0 Å². The first-order valence-electron chi connectivity index (χ1n) is 3.43. The fraction of sp³-hybridized carbons (Fsp3) is 0.286. The topological polar surface area (TPSA) is 43.1 Å². The minimum Gasteiger partial charge on any atom is -0.370 e. The monoisotopic (exact) mass is 301 g/mol. The lowest BCUT2D eigenvalue weighted by atomic mass is 10.2. The van der Waals surface area contributed by atoms with Crippen LogP contribution in [0.25, 0.3) is 0 Å². The van der Waals surface area contributed by atoms with Gasteiger partial charge in [-0.1, -0.05) is 23.2 Å². The van der Waals surface area contributed by atoms with E-state index in [0.29, 0.717) is 15.8 Å². The van der Waals surface area contributed by atoms with Crippen LogP contribution in [0.5, 0.6) is 0 Å². The number of carbonyl (C=O) groups excluding carboxylic acids is 1. The van der Waals surface area contributed by atoms with Crippen LogP contribution in [0.4, 0.5) is 0 Å². The van der Waals surface area contributed by atoms with E-state index in [-0.39, 0.29) is 12.3 Å². The molecule has 0 spiro atoms. The molecule has 72 valence electrons. The maximum atomic E-state index is 10.5. The summed E-state index contributed by atoms with van der Waals surface area (Å²) in [5, 5.41) is 0.514. The van der Waals surface area contributed by atoms with Gasteiger partial charge in [0, 0.05) is 6.42 Å². The van der Waals surface area contributed by atoms with Gasteiger partial charge in [0.25, 0.3) is 0 Å². The highest BCUT2D eigenvalue weighted by atomic mass is 79.9. The van der Waals surface area contributed by atoms with Gasteiger partial charge in [-0.25, -0.2) is 0 Å². The van der Waals surface area contributed by atoms with Gasteiger partial charge in [0.1, 0.15) is 4.34 Å². The van der Waals surface area contributed by atoms with E-state index in [1.165, 1.54) is 11.3 Å². The molecule has 0 radical (unpaired) electrons. The Balaban J connectivity index is 2.81. The third-order valence-corrected chi connectivity index (χ3v) is 4.29. The van der Waals surface area contributed by atoms with Crippen LogP contribution in [-0.4, -0.2) is 5.91 Å². The second kappa shape index (κ2) is 4.64. The molecule has 0 aromatic carbocycles. The zero-order valence-corrected chi connectivity index (χ0v) is 10.4. The molecule has 0 unspecified atom stereocenters. The summed E-state index contributed by atoms with van der Waals surface area (Å²) >= 11 is 16.3. The number of halogens is 3. The van der Waals surface area contributed by atoms with E-state index in [0.717, 1.165) is 9.35 Å². The van der Waals surface area contributed by atoms with Crippen LogP contribution in [0.2, 0.25) is 9.36 Å². The number of primary amides is 1. The van der Waals surface area contributed by atoms with Gasteiger partial charge in [0.2, 0.25) is 5.91 Å². The third kappa shape index (κ3) is 2.84. The molecule has 1 aromatic heterocycles. The largest absolute Gasteiger partial charge is 0.370 e. The highest BCUT2D eigenvalue weighted by Gasteiger charge is 2.13. The fourth-order valence-electron chi connectivity index (χ4n) is 0.846. The molecular weight excluding hydrogens is 297 g/mol. The predicted octanol–water partition coefficient (Wildman–Crippen LogP) is 3.24. The predicted molar refractivity (Wildman–Crippen MR) is 59.6 cm³/mol. The van der Waals surface area contributed by atoms with Crippen LogP contribution < -0.4 is 5.73 Å². The van der Waals surface area contributed by atoms with Crippen molar-refractivity contribution >= 4 is 56.4 Å². The molecule has 0 atom stereocenters. The molecule has 13 heavy (non-hydrogen) atoms. The Kier molecular flexibility index (Phi) is 4.04. The average molecular weight is 303 g/mol. The smallest absolute Gasteiger partial charge is 0.217 e. The van der Waals surface area contributed by atoms with Crippen molar-refractivity contribution in [2.24, 2.45) is 5.73 Å². The normalized spacial score (nSPS) is 10.4. The first-order chi connectivity index (χ1) is 6.02. The lowest BCUT2D eigenvalue weighted by Gasteiger charge is -1.96. The molecule has 1 heterocycles. The zero-order valence-electron chi connectivity index (χ0n) is 6.44. The summed E-state index contributed by atoms with van der Waals surface area (Å²) in [5.41, 5.74) is 5.88. The van der Waals surface area contributed by atoms with Gasteiger partial charge >= 0.3 is 0 Å². The maximum Gasteiger partial charge on any atom is 0.217 e. The van der Waals surface area contributed by atoms with Gasteiger partial charge in [-0.15, -0.1) is 11.3 Å². The van der Waals surface area contributed by atoms with Crippen molar-refractivity contribution in [1.82, 2.24) is 0 Å². The van der Waals surface area contributed by atoms with E-state index < -0.39 is 0 Å².